The van der Waals surface area contributed by atoms with Crippen LogP contribution in [0.3, 0.4) is 0 Å². The van der Waals surface area contributed by atoms with Crippen LogP contribution in [0.5, 0.6) is 0 Å². The fourth-order valence-electron chi connectivity index (χ4n) is 1.77. The van der Waals surface area contributed by atoms with Gasteiger partial charge in [-0.15, -0.1) is 0 Å². The van der Waals surface area contributed by atoms with E-state index in [0.29, 0.717) is 0 Å². The van der Waals surface area contributed by atoms with Crippen LogP contribution in [0.4, 0.5) is 5.82 Å². The summed E-state index contributed by atoms with van der Waals surface area (Å²) >= 11 is 0. The van der Waals surface area contributed by atoms with Crippen molar-refractivity contribution in [2.24, 2.45) is 0 Å². The molecule has 17 heavy (non-hydrogen) atoms. The molecule has 0 aliphatic rings. The van der Waals surface area contributed by atoms with Gasteiger partial charge in [-0.2, -0.15) is 0 Å². The molecule has 0 fully saturated rings. The van der Waals surface area contributed by atoms with Gasteiger partial charge >= 0.3 is 0 Å². The topological polar surface area (TPSA) is 29.0 Å². The summed E-state index contributed by atoms with van der Waals surface area (Å²) in [6, 6.07) is 2.03. The van der Waals surface area contributed by atoms with E-state index in [-0.39, 0.29) is 0 Å². The van der Waals surface area contributed by atoms with E-state index in [1.807, 2.05) is 12.3 Å². The van der Waals surface area contributed by atoms with Crippen molar-refractivity contribution in [2.75, 3.05) is 18.0 Å². The number of aromatic nitrogens is 2. The van der Waals surface area contributed by atoms with Gasteiger partial charge in [0, 0.05) is 25.7 Å². The second-order valence-electron chi connectivity index (χ2n) is 4.38. The molecule has 0 saturated heterocycles. The maximum absolute atomic E-state index is 4.61. The number of hydrogen-bond donors (Lipinski definition) is 0. The molecule has 0 aromatic carbocycles. The van der Waals surface area contributed by atoms with Crippen molar-refractivity contribution >= 4 is 5.82 Å². The van der Waals surface area contributed by atoms with E-state index in [1.54, 1.807) is 0 Å². The number of rotatable bonds is 8. The molecule has 0 spiro atoms. The Labute approximate surface area is 105 Å². The molecule has 0 unspecified atom stereocenters. The molecule has 1 aromatic heterocycles. The minimum atomic E-state index is 0.906. The van der Waals surface area contributed by atoms with Gasteiger partial charge in [0.1, 0.15) is 11.6 Å². The lowest BCUT2D eigenvalue weighted by Crippen LogP contribution is -2.26. The van der Waals surface area contributed by atoms with Crippen LogP contribution < -0.4 is 4.90 Å². The maximum atomic E-state index is 4.61. The summed E-state index contributed by atoms with van der Waals surface area (Å²) in [4.78, 5) is 11.3. The monoisotopic (exact) mass is 235 g/mol. The summed E-state index contributed by atoms with van der Waals surface area (Å²) in [7, 11) is 0. The second-order valence-corrected chi connectivity index (χ2v) is 4.38. The van der Waals surface area contributed by atoms with Crippen LogP contribution in [0.25, 0.3) is 0 Å². The largest absolute Gasteiger partial charge is 0.357 e. The van der Waals surface area contributed by atoms with Gasteiger partial charge in [0.15, 0.2) is 0 Å². The van der Waals surface area contributed by atoms with Crippen LogP contribution in [0, 0.1) is 0 Å². The third-order valence-electron chi connectivity index (χ3n) is 2.89. The number of aryl methyl sites for hydroxylation is 1. The van der Waals surface area contributed by atoms with Crippen molar-refractivity contribution in [1.82, 2.24) is 9.97 Å². The van der Waals surface area contributed by atoms with Crippen LogP contribution in [-0.4, -0.2) is 23.1 Å². The van der Waals surface area contributed by atoms with Gasteiger partial charge in [0.05, 0.1) is 0 Å². The summed E-state index contributed by atoms with van der Waals surface area (Å²) in [5, 5.41) is 0. The lowest BCUT2D eigenvalue weighted by atomic mass is 10.2. The molecule has 0 saturated carbocycles. The normalized spacial score (nSPS) is 10.5. The Bertz CT molecular complexity index is 304. The quantitative estimate of drug-likeness (QED) is 0.691. The van der Waals surface area contributed by atoms with Crippen molar-refractivity contribution < 1.29 is 0 Å². The molecule has 1 rings (SSSR count). The Morgan fingerprint density at radius 2 is 1.71 bits per heavy atom. The van der Waals surface area contributed by atoms with Gasteiger partial charge in [0.2, 0.25) is 0 Å². The fraction of sp³-hybridized carbons (Fsp3) is 0.714. The maximum Gasteiger partial charge on any atom is 0.132 e. The molecule has 0 aliphatic heterocycles. The van der Waals surface area contributed by atoms with Crippen LogP contribution in [0.2, 0.25) is 0 Å². The number of anilines is 1. The highest BCUT2D eigenvalue weighted by Gasteiger charge is 2.07. The molecular formula is C14H25N3. The van der Waals surface area contributed by atoms with E-state index in [0.717, 1.165) is 31.2 Å². The lowest BCUT2D eigenvalue weighted by Gasteiger charge is -2.23. The number of unbranched alkanes of at least 4 members (excludes halogenated alkanes) is 2. The van der Waals surface area contributed by atoms with Crippen molar-refractivity contribution in [3.8, 4) is 0 Å². The Kier molecular flexibility index (Phi) is 6.60. The first-order valence-corrected chi connectivity index (χ1v) is 6.88. The van der Waals surface area contributed by atoms with Gasteiger partial charge < -0.3 is 4.90 Å². The van der Waals surface area contributed by atoms with Crippen molar-refractivity contribution in [3.05, 3.63) is 18.1 Å². The van der Waals surface area contributed by atoms with Gasteiger partial charge in [0.25, 0.3) is 0 Å². The van der Waals surface area contributed by atoms with E-state index in [2.05, 4.69) is 35.6 Å². The van der Waals surface area contributed by atoms with Crippen LogP contribution in [-0.2, 0) is 6.42 Å². The first-order chi connectivity index (χ1) is 8.31. The first-order valence-electron chi connectivity index (χ1n) is 6.88. The number of nitrogens with zero attached hydrogens (tertiary/aromatic N) is 3. The smallest absolute Gasteiger partial charge is 0.132 e. The summed E-state index contributed by atoms with van der Waals surface area (Å²) < 4.78 is 0. The first kappa shape index (κ1) is 13.9. The molecule has 1 heterocycles. The van der Waals surface area contributed by atoms with Gasteiger partial charge in [-0.3, -0.25) is 0 Å². The molecular weight excluding hydrogens is 210 g/mol. The highest BCUT2D eigenvalue weighted by Crippen LogP contribution is 2.12. The molecule has 1 aromatic rings. The zero-order valence-electron chi connectivity index (χ0n) is 11.4. The molecule has 0 atom stereocenters. The molecule has 3 nitrogen and oxygen atoms in total. The van der Waals surface area contributed by atoms with E-state index in [4.69, 9.17) is 0 Å². The minimum Gasteiger partial charge on any atom is -0.357 e. The van der Waals surface area contributed by atoms with Gasteiger partial charge in [-0.1, -0.05) is 33.6 Å². The van der Waals surface area contributed by atoms with E-state index in [9.17, 15) is 0 Å². The van der Waals surface area contributed by atoms with Crippen LogP contribution in [0.1, 0.15) is 52.3 Å². The SMILES string of the molecule is CCCCN(CCCC)c1ccnc(CC)n1. The van der Waals surface area contributed by atoms with Gasteiger partial charge in [-0.25, -0.2) is 9.97 Å². The zero-order chi connectivity index (χ0) is 12.5. The van der Waals surface area contributed by atoms with Crippen molar-refractivity contribution in [2.45, 2.75) is 52.9 Å². The average Bonchev–Trinajstić information content (AvgIpc) is 2.39. The highest BCUT2D eigenvalue weighted by molar-refractivity contribution is 5.37. The summed E-state index contributed by atoms with van der Waals surface area (Å²) in [6.07, 6.45) is 7.71. The molecule has 96 valence electrons. The molecule has 0 amide bonds. The summed E-state index contributed by atoms with van der Waals surface area (Å²) in [6.45, 7) is 8.78. The third kappa shape index (κ3) is 4.72. The van der Waals surface area contributed by atoms with Crippen LogP contribution >= 0.6 is 0 Å². The van der Waals surface area contributed by atoms with Crippen molar-refractivity contribution in [3.63, 3.8) is 0 Å². The fourth-order valence-corrected chi connectivity index (χ4v) is 1.77. The van der Waals surface area contributed by atoms with E-state index < -0.39 is 0 Å². The predicted molar refractivity (Wildman–Crippen MR) is 73.4 cm³/mol. The van der Waals surface area contributed by atoms with Crippen molar-refractivity contribution in [1.29, 1.82) is 0 Å². The molecule has 0 bridgehead atoms. The number of hydrogen-bond acceptors (Lipinski definition) is 3. The molecule has 3 heteroatoms. The predicted octanol–water partition coefficient (Wildman–Crippen LogP) is 3.45. The third-order valence-corrected chi connectivity index (χ3v) is 2.89. The van der Waals surface area contributed by atoms with E-state index >= 15 is 0 Å². The Morgan fingerprint density at radius 3 is 2.24 bits per heavy atom. The Hall–Kier alpha value is -1.12. The summed E-state index contributed by atoms with van der Waals surface area (Å²) in [5.41, 5.74) is 0. The lowest BCUT2D eigenvalue weighted by molar-refractivity contribution is 0.668. The second kappa shape index (κ2) is 8.04. The van der Waals surface area contributed by atoms with Gasteiger partial charge in [-0.05, 0) is 18.9 Å². The highest BCUT2D eigenvalue weighted by atomic mass is 15.2. The molecule has 0 aliphatic carbocycles. The zero-order valence-corrected chi connectivity index (χ0v) is 11.4. The molecule has 0 N–H and O–H groups in total. The average molecular weight is 235 g/mol. The van der Waals surface area contributed by atoms with Crippen LogP contribution in [0.15, 0.2) is 12.3 Å². The Morgan fingerprint density at radius 1 is 1.06 bits per heavy atom. The molecule has 0 radical (unpaired) electrons. The minimum absolute atomic E-state index is 0.906. The van der Waals surface area contributed by atoms with E-state index in [1.165, 1.54) is 25.7 Å². The Balaban J connectivity index is 2.71. The summed E-state index contributed by atoms with van der Waals surface area (Å²) in [5.74, 6) is 2.04. The standard InChI is InChI=1S/C14H25N3/c1-4-7-11-17(12-8-5-2)14-9-10-15-13(6-3)16-14/h9-10H,4-8,11-12H2,1-3H3.